The Bertz CT molecular complexity index is 741. The first-order chi connectivity index (χ1) is 9.75. The zero-order chi connectivity index (χ0) is 13.9. The van der Waals surface area contributed by atoms with Gasteiger partial charge in [0.15, 0.2) is 0 Å². The molecule has 0 spiro atoms. The number of para-hydroxylation sites is 1. The van der Waals surface area contributed by atoms with E-state index in [1.54, 1.807) is 0 Å². The van der Waals surface area contributed by atoms with Crippen molar-refractivity contribution < 1.29 is 0 Å². The first-order valence-electron chi connectivity index (χ1n) is 6.72. The summed E-state index contributed by atoms with van der Waals surface area (Å²) >= 11 is 0. The van der Waals surface area contributed by atoms with E-state index >= 15 is 0 Å². The Labute approximate surface area is 118 Å². The van der Waals surface area contributed by atoms with Crippen molar-refractivity contribution in [1.82, 2.24) is 4.57 Å². The minimum atomic E-state index is 0.224. The van der Waals surface area contributed by atoms with Crippen LogP contribution in [0.2, 0.25) is 0 Å². The molecule has 0 atom stereocenters. The van der Waals surface area contributed by atoms with Gasteiger partial charge >= 0.3 is 0 Å². The molecule has 0 bridgehead atoms. The van der Waals surface area contributed by atoms with E-state index in [9.17, 15) is 0 Å². The van der Waals surface area contributed by atoms with Gasteiger partial charge in [-0.05, 0) is 17.7 Å². The Kier molecular flexibility index (Phi) is 3.25. The summed E-state index contributed by atoms with van der Waals surface area (Å²) in [7, 11) is 0. The summed E-state index contributed by atoms with van der Waals surface area (Å²) in [4.78, 5) is 0. The highest BCUT2D eigenvalue weighted by Gasteiger charge is 2.10. The number of aromatic nitrogens is 1. The molecule has 0 fully saturated rings. The number of fused-ring (bicyclic) bond motifs is 1. The fourth-order valence-corrected chi connectivity index (χ4v) is 2.53. The van der Waals surface area contributed by atoms with Gasteiger partial charge in [-0.2, -0.15) is 0 Å². The molecule has 0 radical (unpaired) electrons. The van der Waals surface area contributed by atoms with Gasteiger partial charge in [0, 0.05) is 29.6 Å². The third-order valence-electron chi connectivity index (χ3n) is 3.48. The lowest BCUT2D eigenvalue weighted by molar-refractivity contribution is 0.757. The van der Waals surface area contributed by atoms with Gasteiger partial charge < -0.3 is 10.3 Å². The third-order valence-corrected chi connectivity index (χ3v) is 3.48. The zero-order valence-electron chi connectivity index (χ0n) is 11.2. The van der Waals surface area contributed by atoms with Gasteiger partial charge in [0.1, 0.15) is 0 Å². The van der Waals surface area contributed by atoms with Gasteiger partial charge in [-0.15, -0.1) is 0 Å². The van der Waals surface area contributed by atoms with Gasteiger partial charge in [-0.25, -0.2) is 0 Å². The molecule has 20 heavy (non-hydrogen) atoms. The maximum absolute atomic E-state index is 7.44. The molecule has 3 N–H and O–H groups in total. The van der Waals surface area contributed by atoms with Crippen molar-refractivity contribution in [2.45, 2.75) is 13.0 Å². The average molecular weight is 263 g/mol. The number of amidine groups is 1. The van der Waals surface area contributed by atoms with E-state index in [2.05, 4.69) is 34.9 Å². The van der Waals surface area contributed by atoms with Gasteiger partial charge in [0.05, 0.1) is 5.84 Å². The molecule has 0 aliphatic heterocycles. The summed E-state index contributed by atoms with van der Waals surface area (Å²) in [5, 5.41) is 8.66. The molecular weight excluding hydrogens is 246 g/mol. The quantitative estimate of drug-likeness (QED) is 0.548. The van der Waals surface area contributed by atoms with Crippen LogP contribution in [-0.2, 0) is 6.54 Å². The molecule has 0 unspecified atom stereocenters. The number of hydrogen-bond acceptors (Lipinski definition) is 1. The van der Waals surface area contributed by atoms with Crippen molar-refractivity contribution in [1.29, 1.82) is 5.41 Å². The lowest BCUT2D eigenvalue weighted by Crippen LogP contribution is -2.13. The highest BCUT2D eigenvalue weighted by Crippen LogP contribution is 2.28. The maximum atomic E-state index is 7.44. The van der Waals surface area contributed by atoms with Crippen LogP contribution in [0.25, 0.3) is 22.2 Å². The molecule has 3 rings (SSSR count). The van der Waals surface area contributed by atoms with E-state index in [-0.39, 0.29) is 5.84 Å². The predicted molar refractivity (Wildman–Crippen MR) is 83.9 cm³/mol. The molecule has 0 saturated heterocycles. The number of nitrogens with two attached hydrogens (primary N) is 1. The van der Waals surface area contributed by atoms with Crippen molar-refractivity contribution in [3.8, 4) is 11.3 Å². The van der Waals surface area contributed by atoms with Crippen LogP contribution in [0.1, 0.15) is 6.42 Å². The summed E-state index contributed by atoms with van der Waals surface area (Å²) in [6.07, 6.45) is 0.568. The summed E-state index contributed by atoms with van der Waals surface area (Å²) < 4.78 is 2.24. The third kappa shape index (κ3) is 2.30. The second-order valence-electron chi connectivity index (χ2n) is 4.88. The van der Waals surface area contributed by atoms with E-state index < -0.39 is 0 Å². The smallest absolute Gasteiger partial charge is 0.0923 e. The van der Waals surface area contributed by atoms with Gasteiger partial charge in [0.25, 0.3) is 0 Å². The van der Waals surface area contributed by atoms with Crippen molar-refractivity contribution in [3.05, 3.63) is 60.7 Å². The SMILES string of the molecule is N=C(N)CCn1c(-c2ccccc2)cc2ccccc21. The van der Waals surface area contributed by atoms with E-state index in [1.165, 1.54) is 22.2 Å². The molecule has 0 aliphatic rings. The van der Waals surface area contributed by atoms with E-state index in [4.69, 9.17) is 11.1 Å². The first kappa shape index (κ1) is 12.5. The Hall–Kier alpha value is -2.55. The van der Waals surface area contributed by atoms with Gasteiger partial charge in [0.2, 0.25) is 0 Å². The monoisotopic (exact) mass is 263 g/mol. The lowest BCUT2D eigenvalue weighted by atomic mass is 10.1. The molecule has 0 saturated carbocycles. The second-order valence-corrected chi connectivity index (χ2v) is 4.88. The van der Waals surface area contributed by atoms with Crippen LogP contribution in [0.15, 0.2) is 60.7 Å². The average Bonchev–Trinajstić information content (AvgIpc) is 2.84. The number of nitrogens with one attached hydrogen (secondary N) is 1. The minimum absolute atomic E-state index is 0.224. The molecule has 3 nitrogen and oxygen atoms in total. The summed E-state index contributed by atoms with van der Waals surface area (Å²) in [5.74, 6) is 0.224. The largest absolute Gasteiger partial charge is 0.388 e. The molecule has 3 aromatic rings. The zero-order valence-corrected chi connectivity index (χ0v) is 11.2. The Morgan fingerprint density at radius 3 is 2.45 bits per heavy atom. The number of nitrogens with zero attached hydrogens (tertiary/aromatic N) is 1. The van der Waals surface area contributed by atoms with Crippen LogP contribution in [0.4, 0.5) is 0 Å². The van der Waals surface area contributed by atoms with Gasteiger partial charge in [-0.1, -0.05) is 48.5 Å². The number of benzene rings is 2. The number of aryl methyl sites for hydroxylation is 1. The molecule has 0 aliphatic carbocycles. The van der Waals surface area contributed by atoms with E-state index in [0.717, 1.165) is 6.54 Å². The summed E-state index contributed by atoms with van der Waals surface area (Å²) in [5.41, 5.74) is 9.06. The second kappa shape index (κ2) is 5.21. The molecule has 3 heteroatoms. The number of rotatable bonds is 4. The van der Waals surface area contributed by atoms with Crippen LogP contribution in [0.5, 0.6) is 0 Å². The molecule has 0 amide bonds. The molecule has 2 aromatic carbocycles. The Balaban J connectivity index is 2.15. The normalized spacial score (nSPS) is 10.8. The Morgan fingerprint density at radius 1 is 1.00 bits per heavy atom. The van der Waals surface area contributed by atoms with E-state index in [0.29, 0.717) is 6.42 Å². The Morgan fingerprint density at radius 2 is 1.70 bits per heavy atom. The van der Waals surface area contributed by atoms with Crippen molar-refractivity contribution in [2.24, 2.45) is 5.73 Å². The van der Waals surface area contributed by atoms with Crippen LogP contribution in [0, 0.1) is 5.41 Å². The van der Waals surface area contributed by atoms with Crippen LogP contribution in [0.3, 0.4) is 0 Å². The van der Waals surface area contributed by atoms with Crippen LogP contribution >= 0.6 is 0 Å². The molecule has 1 aromatic heterocycles. The van der Waals surface area contributed by atoms with Crippen molar-refractivity contribution in [3.63, 3.8) is 0 Å². The maximum Gasteiger partial charge on any atom is 0.0923 e. The summed E-state index contributed by atoms with van der Waals surface area (Å²) in [6, 6.07) is 20.8. The fraction of sp³-hybridized carbons (Fsp3) is 0.118. The first-order valence-corrected chi connectivity index (χ1v) is 6.72. The molecule has 100 valence electrons. The number of hydrogen-bond donors (Lipinski definition) is 2. The fourth-order valence-electron chi connectivity index (χ4n) is 2.53. The standard InChI is InChI=1S/C17H17N3/c18-17(19)10-11-20-15-9-5-4-8-14(15)12-16(20)13-6-2-1-3-7-13/h1-9,12H,10-11H2,(H3,18,19). The lowest BCUT2D eigenvalue weighted by Gasteiger charge is -2.10. The topological polar surface area (TPSA) is 54.8 Å². The van der Waals surface area contributed by atoms with Crippen molar-refractivity contribution in [2.75, 3.05) is 0 Å². The molecular formula is C17H17N3. The van der Waals surface area contributed by atoms with E-state index in [1.807, 2.05) is 30.3 Å². The summed E-state index contributed by atoms with van der Waals surface area (Å²) in [6.45, 7) is 0.729. The van der Waals surface area contributed by atoms with Gasteiger partial charge in [-0.3, -0.25) is 5.41 Å². The highest BCUT2D eigenvalue weighted by molar-refractivity contribution is 5.87. The van der Waals surface area contributed by atoms with Crippen LogP contribution < -0.4 is 5.73 Å². The highest BCUT2D eigenvalue weighted by atomic mass is 15.0. The van der Waals surface area contributed by atoms with Crippen molar-refractivity contribution >= 4 is 16.7 Å². The minimum Gasteiger partial charge on any atom is -0.388 e. The predicted octanol–water partition coefficient (Wildman–Crippen LogP) is 3.63. The van der Waals surface area contributed by atoms with Crippen LogP contribution in [-0.4, -0.2) is 10.4 Å². The molecule has 1 heterocycles.